The maximum atomic E-state index is 13.0. The Morgan fingerprint density at radius 3 is 2.26 bits per heavy atom. The first-order chi connectivity index (χ1) is 16.3. The molecule has 0 aromatic heterocycles. The van der Waals surface area contributed by atoms with E-state index in [0.717, 1.165) is 21.6 Å². The van der Waals surface area contributed by atoms with Gasteiger partial charge in [-0.25, -0.2) is 4.79 Å². The molecule has 0 bridgehead atoms. The molecule has 3 aliphatic rings. The molecule has 0 saturated carbocycles. The standard InChI is InChI=1S/C22H15N3O8S/c26-15-10-34-21-17(23-18(27)13-3-1-2-4-14(13)19(23)28)20(29)24(21)16(15)22(30)33-9-11-5-7-12(8-6-11)25(31)32/h1-8,17,21,26H,9-10H2/t17?,21-/m1/s1. The van der Waals surface area contributed by atoms with E-state index in [2.05, 4.69) is 0 Å². The largest absolute Gasteiger partial charge is 0.509 e. The van der Waals surface area contributed by atoms with E-state index < -0.39 is 40.0 Å². The predicted molar refractivity (Wildman–Crippen MR) is 116 cm³/mol. The van der Waals surface area contributed by atoms with Gasteiger partial charge in [-0.15, -0.1) is 11.8 Å². The van der Waals surface area contributed by atoms with Crippen LogP contribution in [0.1, 0.15) is 26.3 Å². The van der Waals surface area contributed by atoms with Crippen LogP contribution in [0.5, 0.6) is 0 Å². The average Bonchev–Trinajstić information content (AvgIpc) is 3.08. The molecule has 1 unspecified atom stereocenters. The number of aliphatic hydroxyl groups is 1. The van der Waals surface area contributed by atoms with Crippen LogP contribution in [0.4, 0.5) is 5.69 Å². The van der Waals surface area contributed by atoms with Gasteiger partial charge in [0.1, 0.15) is 23.8 Å². The van der Waals surface area contributed by atoms with Gasteiger partial charge >= 0.3 is 5.97 Å². The number of amides is 3. The molecule has 0 radical (unpaired) electrons. The van der Waals surface area contributed by atoms with Gasteiger partial charge in [0.25, 0.3) is 23.4 Å². The van der Waals surface area contributed by atoms with Crippen molar-refractivity contribution in [2.45, 2.75) is 18.0 Å². The molecule has 2 aromatic rings. The fourth-order valence-corrected chi connectivity index (χ4v) is 5.31. The van der Waals surface area contributed by atoms with Gasteiger partial charge in [0.2, 0.25) is 0 Å². The Hall–Kier alpha value is -4.19. The normalized spacial score (nSPS) is 21.2. The molecule has 172 valence electrons. The van der Waals surface area contributed by atoms with Gasteiger partial charge in [-0.3, -0.25) is 34.3 Å². The second kappa shape index (κ2) is 7.99. The number of imide groups is 1. The van der Waals surface area contributed by atoms with Crippen molar-refractivity contribution < 1.29 is 33.9 Å². The molecule has 34 heavy (non-hydrogen) atoms. The van der Waals surface area contributed by atoms with Gasteiger partial charge in [0.05, 0.1) is 21.8 Å². The Kier molecular flexibility index (Phi) is 5.09. The van der Waals surface area contributed by atoms with Crippen LogP contribution >= 0.6 is 11.8 Å². The van der Waals surface area contributed by atoms with E-state index >= 15 is 0 Å². The van der Waals surface area contributed by atoms with Crippen LogP contribution in [0.3, 0.4) is 0 Å². The smallest absolute Gasteiger partial charge is 0.358 e. The number of nitrogens with zero attached hydrogens (tertiary/aromatic N) is 3. The lowest BCUT2D eigenvalue weighted by Gasteiger charge is -2.50. The number of ether oxygens (including phenoxy) is 1. The summed E-state index contributed by atoms with van der Waals surface area (Å²) in [5.41, 5.74) is 0.428. The molecule has 3 amide bonds. The van der Waals surface area contributed by atoms with Crippen LogP contribution in [0.2, 0.25) is 0 Å². The molecule has 2 aromatic carbocycles. The molecule has 11 nitrogen and oxygen atoms in total. The quantitative estimate of drug-likeness (QED) is 0.223. The van der Waals surface area contributed by atoms with Crippen LogP contribution in [0.15, 0.2) is 60.0 Å². The molecular weight excluding hydrogens is 466 g/mol. The number of esters is 1. The minimum absolute atomic E-state index is 0.0178. The van der Waals surface area contributed by atoms with Gasteiger partial charge in [-0.05, 0) is 29.8 Å². The first kappa shape index (κ1) is 21.6. The SMILES string of the molecule is O=C(OCc1ccc([N+](=O)[O-])cc1)C1=C(O)CS[C@@H]2C(N3C(=O)c4ccccc4C3=O)C(=O)N12. The Bertz CT molecular complexity index is 1270. The minimum Gasteiger partial charge on any atom is -0.509 e. The predicted octanol–water partition coefficient (Wildman–Crippen LogP) is 1.99. The van der Waals surface area contributed by atoms with Crippen LogP contribution in [-0.4, -0.2) is 60.7 Å². The third kappa shape index (κ3) is 3.22. The molecule has 0 aliphatic carbocycles. The first-order valence-corrected chi connectivity index (χ1v) is 11.1. The molecule has 12 heteroatoms. The van der Waals surface area contributed by atoms with Crippen molar-refractivity contribution in [3.05, 3.63) is 86.8 Å². The fraction of sp³-hybridized carbons (Fsp3) is 0.182. The number of aliphatic hydroxyl groups excluding tert-OH is 1. The highest BCUT2D eigenvalue weighted by molar-refractivity contribution is 8.00. The maximum absolute atomic E-state index is 13.0. The third-order valence-electron chi connectivity index (χ3n) is 5.73. The monoisotopic (exact) mass is 481 g/mol. The Morgan fingerprint density at radius 2 is 1.68 bits per heavy atom. The molecule has 0 spiro atoms. The van der Waals surface area contributed by atoms with E-state index in [-0.39, 0.29) is 40.6 Å². The highest BCUT2D eigenvalue weighted by Crippen LogP contribution is 2.44. The van der Waals surface area contributed by atoms with Crippen LogP contribution < -0.4 is 0 Å². The Balaban J connectivity index is 1.32. The molecule has 5 rings (SSSR count). The summed E-state index contributed by atoms with van der Waals surface area (Å²) >= 11 is 1.12. The number of thioether (sulfide) groups is 1. The zero-order chi connectivity index (χ0) is 24.1. The third-order valence-corrected chi connectivity index (χ3v) is 6.98. The minimum atomic E-state index is -1.11. The summed E-state index contributed by atoms with van der Waals surface area (Å²) in [6, 6.07) is 10.5. The number of carbonyl (C=O) groups is 4. The summed E-state index contributed by atoms with van der Waals surface area (Å²) in [7, 11) is 0. The number of rotatable bonds is 5. The van der Waals surface area contributed by atoms with Crippen molar-refractivity contribution in [1.82, 2.24) is 9.80 Å². The maximum Gasteiger partial charge on any atom is 0.358 e. The van der Waals surface area contributed by atoms with Crippen LogP contribution in [0.25, 0.3) is 0 Å². The number of benzene rings is 2. The molecule has 3 heterocycles. The van der Waals surface area contributed by atoms with Crippen molar-refractivity contribution in [2.75, 3.05) is 5.75 Å². The lowest BCUT2D eigenvalue weighted by atomic mass is 10.0. The lowest BCUT2D eigenvalue weighted by Crippen LogP contribution is -2.71. The Morgan fingerprint density at radius 1 is 1.06 bits per heavy atom. The number of nitro benzene ring substituents is 1. The summed E-state index contributed by atoms with van der Waals surface area (Å²) < 4.78 is 5.22. The summed E-state index contributed by atoms with van der Waals surface area (Å²) in [4.78, 5) is 63.5. The van der Waals surface area contributed by atoms with Gasteiger partial charge < -0.3 is 9.84 Å². The van der Waals surface area contributed by atoms with Gasteiger partial charge in [0, 0.05) is 12.1 Å². The molecule has 1 saturated heterocycles. The van der Waals surface area contributed by atoms with Gasteiger partial charge in [-0.2, -0.15) is 0 Å². The Labute approximate surface area is 195 Å². The highest BCUT2D eigenvalue weighted by Gasteiger charge is 2.60. The number of hydrogen-bond acceptors (Lipinski definition) is 9. The van der Waals surface area contributed by atoms with Crippen molar-refractivity contribution in [3.8, 4) is 0 Å². The molecule has 1 N–H and O–H groups in total. The van der Waals surface area contributed by atoms with Crippen molar-refractivity contribution in [3.63, 3.8) is 0 Å². The summed E-state index contributed by atoms with van der Waals surface area (Å²) in [5, 5.41) is 20.3. The van der Waals surface area contributed by atoms with Gasteiger partial charge in [0.15, 0.2) is 5.70 Å². The summed E-state index contributed by atoms with van der Waals surface area (Å²) in [6.45, 7) is -0.241. The summed E-state index contributed by atoms with van der Waals surface area (Å²) in [6.07, 6.45) is 0. The second-order valence-corrected chi connectivity index (χ2v) is 8.78. The van der Waals surface area contributed by atoms with Crippen molar-refractivity contribution in [1.29, 1.82) is 0 Å². The van der Waals surface area contributed by atoms with E-state index in [1.54, 1.807) is 12.1 Å². The molecular formula is C22H15N3O8S. The summed E-state index contributed by atoms with van der Waals surface area (Å²) in [5.74, 6) is -3.18. The molecule has 2 atom stereocenters. The zero-order valence-corrected chi connectivity index (χ0v) is 18.1. The second-order valence-electron chi connectivity index (χ2n) is 7.68. The van der Waals surface area contributed by atoms with E-state index in [1.165, 1.54) is 36.4 Å². The lowest BCUT2D eigenvalue weighted by molar-refractivity contribution is -0.384. The number of carbonyl (C=O) groups excluding carboxylic acids is 4. The highest BCUT2D eigenvalue weighted by atomic mass is 32.2. The van der Waals surface area contributed by atoms with Crippen molar-refractivity contribution in [2.24, 2.45) is 0 Å². The molecule has 3 aliphatic heterocycles. The first-order valence-electron chi connectivity index (χ1n) is 10.0. The topological polar surface area (TPSA) is 147 Å². The zero-order valence-electron chi connectivity index (χ0n) is 17.2. The number of non-ortho nitro benzene ring substituents is 1. The van der Waals surface area contributed by atoms with Crippen molar-refractivity contribution >= 4 is 41.1 Å². The average molecular weight is 481 g/mol. The van der Waals surface area contributed by atoms with Crippen LogP contribution in [-0.2, 0) is 20.9 Å². The molecule has 1 fully saturated rings. The number of hydrogen-bond donors (Lipinski definition) is 1. The van der Waals surface area contributed by atoms with E-state index in [4.69, 9.17) is 4.74 Å². The fourth-order valence-electron chi connectivity index (χ4n) is 4.07. The van der Waals surface area contributed by atoms with E-state index in [1.807, 2.05) is 0 Å². The number of β-lactam (4-membered cyclic amide) rings is 1. The van der Waals surface area contributed by atoms with E-state index in [9.17, 15) is 34.4 Å². The number of nitro groups is 1. The number of fused-ring (bicyclic) bond motifs is 2. The van der Waals surface area contributed by atoms with Crippen LogP contribution in [0, 0.1) is 10.1 Å². The van der Waals surface area contributed by atoms with Gasteiger partial charge in [-0.1, -0.05) is 12.1 Å². The van der Waals surface area contributed by atoms with E-state index in [0.29, 0.717) is 5.56 Å².